The van der Waals surface area contributed by atoms with Crippen molar-refractivity contribution in [2.24, 2.45) is 5.92 Å². The number of carbonyl (C=O) groups excluding carboxylic acids is 2. The fourth-order valence-corrected chi connectivity index (χ4v) is 6.32. The van der Waals surface area contributed by atoms with E-state index in [1.54, 1.807) is 75.4 Å². The first-order valence-corrected chi connectivity index (χ1v) is 17.0. The van der Waals surface area contributed by atoms with Gasteiger partial charge in [0.2, 0.25) is 10.0 Å². The van der Waals surface area contributed by atoms with Gasteiger partial charge in [0, 0.05) is 23.7 Å². The molecule has 4 rings (SSSR count). The molecule has 0 aliphatic carbocycles. The molecule has 252 valence electrons. The molecule has 11 nitrogen and oxygen atoms in total. The van der Waals surface area contributed by atoms with Crippen molar-refractivity contribution in [1.29, 1.82) is 0 Å². The van der Waals surface area contributed by atoms with Crippen molar-refractivity contribution in [2.75, 3.05) is 32.0 Å². The van der Waals surface area contributed by atoms with Crippen molar-refractivity contribution < 1.29 is 32.3 Å². The summed E-state index contributed by atoms with van der Waals surface area (Å²) in [5.41, 5.74) is 3.41. The molecule has 0 radical (unpaired) electrons. The van der Waals surface area contributed by atoms with Gasteiger partial charge in [-0.2, -0.15) is 4.72 Å². The lowest BCUT2D eigenvalue weighted by molar-refractivity contribution is -0.140. The molecule has 4 N–H and O–H groups in total. The normalized spacial score (nSPS) is 12.0. The number of sulfonamides is 1. The highest BCUT2D eigenvalue weighted by Gasteiger charge is 2.28. The second-order valence-corrected chi connectivity index (χ2v) is 12.9. The number of nitrogens with one attached hydrogen (secondary N) is 3. The monoisotopic (exact) mass is 664 g/mol. The lowest BCUT2D eigenvalue weighted by atomic mass is 10.0. The molecule has 3 aromatic carbocycles. The minimum absolute atomic E-state index is 0.0483. The Morgan fingerprint density at radius 1 is 0.851 bits per heavy atom. The summed E-state index contributed by atoms with van der Waals surface area (Å²) >= 11 is 0. The lowest BCUT2D eigenvalue weighted by Crippen LogP contribution is -2.44. The molecule has 1 aromatic heterocycles. The first-order chi connectivity index (χ1) is 22.3. The second-order valence-electron chi connectivity index (χ2n) is 11.2. The Hall–Kier alpha value is -4.52. The predicted octanol–water partition coefficient (Wildman–Crippen LogP) is 5.76. The summed E-state index contributed by atoms with van der Waals surface area (Å²) in [6.45, 7) is 15.1. The Balaban J connectivity index is 0.000000771. The SMILES string of the molecule is CCN(CC)CC.CNC(=O)c1cccc2oc(C(=O)Nc3ccc(-c4ccc(S(=O)(=O)NC(C(=O)O)C(C)C)cc4)cc3)c(C)c12. The Labute approximate surface area is 276 Å². The summed E-state index contributed by atoms with van der Waals surface area (Å²) < 4.78 is 33.3. The highest BCUT2D eigenvalue weighted by atomic mass is 32.2. The number of fused-ring (bicyclic) bond motifs is 1. The van der Waals surface area contributed by atoms with E-state index in [0.717, 1.165) is 11.1 Å². The number of nitrogens with zero attached hydrogens (tertiary/aromatic N) is 1. The largest absolute Gasteiger partial charge is 0.480 e. The maximum absolute atomic E-state index is 13.0. The van der Waals surface area contributed by atoms with Crippen LogP contribution in [0.15, 0.2) is 76.0 Å². The topological polar surface area (TPSA) is 158 Å². The number of carbonyl (C=O) groups is 3. The zero-order chi connectivity index (χ0) is 34.9. The molecule has 1 atom stereocenters. The van der Waals surface area contributed by atoms with Crippen molar-refractivity contribution in [3.63, 3.8) is 0 Å². The number of aliphatic carboxylic acids is 1. The van der Waals surface area contributed by atoms with Crippen LogP contribution in [0.4, 0.5) is 5.69 Å². The molecule has 0 fully saturated rings. The zero-order valence-corrected chi connectivity index (χ0v) is 28.7. The van der Waals surface area contributed by atoms with Crippen molar-refractivity contribution in [3.05, 3.63) is 83.6 Å². The summed E-state index contributed by atoms with van der Waals surface area (Å²) in [6.07, 6.45) is 0. The summed E-state index contributed by atoms with van der Waals surface area (Å²) in [4.78, 5) is 39.0. The zero-order valence-electron chi connectivity index (χ0n) is 27.9. The van der Waals surface area contributed by atoms with Gasteiger partial charge in [0.25, 0.3) is 11.8 Å². The Morgan fingerprint density at radius 2 is 1.40 bits per heavy atom. The summed E-state index contributed by atoms with van der Waals surface area (Å²) in [7, 11) is -2.49. The number of rotatable bonds is 12. The third-order valence-corrected chi connectivity index (χ3v) is 9.29. The van der Waals surface area contributed by atoms with E-state index in [1.165, 1.54) is 38.8 Å². The molecule has 0 aliphatic rings. The molecule has 0 aliphatic heterocycles. The Morgan fingerprint density at radius 3 is 1.87 bits per heavy atom. The van der Waals surface area contributed by atoms with Crippen LogP contribution in [-0.2, 0) is 14.8 Å². The third-order valence-electron chi connectivity index (χ3n) is 7.83. The van der Waals surface area contributed by atoms with Crippen LogP contribution in [0.5, 0.6) is 0 Å². The molecule has 0 saturated heterocycles. The number of hydrogen-bond acceptors (Lipinski definition) is 7. The van der Waals surface area contributed by atoms with Gasteiger partial charge in [-0.15, -0.1) is 0 Å². The molecule has 2 amide bonds. The van der Waals surface area contributed by atoms with Crippen LogP contribution in [-0.4, -0.2) is 68.9 Å². The Kier molecular flexibility index (Phi) is 12.9. The van der Waals surface area contributed by atoms with E-state index in [1.807, 2.05) is 0 Å². The molecule has 1 unspecified atom stereocenters. The average molecular weight is 665 g/mol. The number of carboxylic acids is 1. The van der Waals surface area contributed by atoms with Crippen molar-refractivity contribution in [1.82, 2.24) is 14.9 Å². The average Bonchev–Trinajstić information content (AvgIpc) is 3.41. The molecule has 47 heavy (non-hydrogen) atoms. The summed E-state index contributed by atoms with van der Waals surface area (Å²) in [5, 5.41) is 15.3. The number of benzene rings is 3. The number of amides is 2. The van der Waals surface area contributed by atoms with Gasteiger partial charge in [0.05, 0.1) is 10.5 Å². The van der Waals surface area contributed by atoms with Gasteiger partial charge < -0.3 is 25.1 Å². The van der Waals surface area contributed by atoms with Crippen molar-refractivity contribution in [2.45, 2.75) is 52.5 Å². The van der Waals surface area contributed by atoms with E-state index >= 15 is 0 Å². The molecular weight excluding hydrogens is 620 g/mol. The number of hydrogen-bond donors (Lipinski definition) is 4. The van der Waals surface area contributed by atoms with Crippen LogP contribution in [0.25, 0.3) is 22.1 Å². The molecule has 1 heterocycles. The number of anilines is 1. The van der Waals surface area contributed by atoms with Crippen LogP contribution >= 0.6 is 0 Å². The third kappa shape index (κ3) is 9.06. The predicted molar refractivity (Wildman–Crippen MR) is 184 cm³/mol. The van der Waals surface area contributed by atoms with E-state index < -0.39 is 33.9 Å². The first-order valence-electron chi connectivity index (χ1n) is 15.5. The van der Waals surface area contributed by atoms with Gasteiger partial charge in [-0.3, -0.25) is 14.4 Å². The number of aryl methyl sites for hydroxylation is 1. The lowest BCUT2D eigenvalue weighted by Gasteiger charge is -2.18. The van der Waals surface area contributed by atoms with Gasteiger partial charge in [-0.05, 0) is 80.0 Å². The molecule has 0 bridgehead atoms. The quantitative estimate of drug-likeness (QED) is 0.149. The molecule has 0 spiro atoms. The minimum atomic E-state index is -4.03. The molecule has 12 heteroatoms. The minimum Gasteiger partial charge on any atom is -0.480 e. The standard InChI is InChI=1S/C29H29N3O7S.C6H15N/c1-16(2)25(29(35)36)32-40(37,38)21-14-10-19(11-15-21)18-8-12-20(13-9-18)31-28(34)26-17(3)24-22(27(33)30-4)6-5-7-23(24)39-26;1-4-7(5-2)6-3/h5-16,25,32H,1-4H3,(H,30,33)(H,31,34)(H,35,36);4-6H2,1-3H3. The van der Waals surface area contributed by atoms with E-state index in [2.05, 4.69) is 41.0 Å². The fourth-order valence-electron chi connectivity index (χ4n) is 4.98. The second kappa shape index (κ2) is 16.3. The van der Waals surface area contributed by atoms with Crippen LogP contribution < -0.4 is 15.4 Å². The van der Waals surface area contributed by atoms with E-state index in [4.69, 9.17) is 4.42 Å². The fraction of sp³-hybridized carbons (Fsp3) is 0.343. The van der Waals surface area contributed by atoms with Crippen LogP contribution in [0, 0.1) is 12.8 Å². The first kappa shape index (κ1) is 36.9. The Bertz CT molecular complexity index is 1790. The van der Waals surface area contributed by atoms with E-state index in [-0.39, 0.29) is 16.6 Å². The highest BCUT2D eigenvalue weighted by Crippen LogP contribution is 2.30. The highest BCUT2D eigenvalue weighted by molar-refractivity contribution is 7.89. The molecule has 4 aromatic rings. The summed E-state index contributed by atoms with van der Waals surface area (Å²) in [6, 6.07) is 16.8. The number of carboxylic acid groups (broad SMARTS) is 1. The molecular formula is C35H44N4O7S. The van der Waals surface area contributed by atoms with E-state index in [9.17, 15) is 27.9 Å². The van der Waals surface area contributed by atoms with Gasteiger partial charge in [-0.25, -0.2) is 8.42 Å². The van der Waals surface area contributed by atoms with Crippen LogP contribution in [0.3, 0.4) is 0 Å². The van der Waals surface area contributed by atoms with Crippen molar-refractivity contribution >= 4 is 44.5 Å². The van der Waals surface area contributed by atoms with E-state index in [0.29, 0.717) is 27.8 Å². The summed E-state index contributed by atoms with van der Waals surface area (Å²) in [5.74, 6) is -2.32. The van der Waals surface area contributed by atoms with Gasteiger partial charge in [0.1, 0.15) is 11.6 Å². The maximum Gasteiger partial charge on any atom is 0.322 e. The van der Waals surface area contributed by atoms with Crippen molar-refractivity contribution in [3.8, 4) is 11.1 Å². The maximum atomic E-state index is 13.0. The van der Waals surface area contributed by atoms with Gasteiger partial charge >= 0.3 is 5.97 Å². The van der Waals surface area contributed by atoms with Crippen LogP contribution in [0.2, 0.25) is 0 Å². The van der Waals surface area contributed by atoms with Crippen LogP contribution in [0.1, 0.15) is 61.1 Å². The molecule has 0 saturated carbocycles. The van der Waals surface area contributed by atoms with Gasteiger partial charge in [0.15, 0.2) is 5.76 Å². The number of furan rings is 1. The van der Waals surface area contributed by atoms with Gasteiger partial charge in [-0.1, -0.05) is 65.0 Å². The smallest absolute Gasteiger partial charge is 0.322 e.